The van der Waals surface area contributed by atoms with Crippen molar-refractivity contribution in [2.24, 2.45) is 5.92 Å². The number of benzene rings is 1. The molecule has 0 bridgehead atoms. The summed E-state index contributed by atoms with van der Waals surface area (Å²) in [6.45, 7) is 4.05. The Hall–Kier alpha value is -2.17. The van der Waals surface area contributed by atoms with E-state index in [2.05, 4.69) is 24.5 Å². The Morgan fingerprint density at radius 3 is 2.70 bits per heavy atom. The van der Waals surface area contributed by atoms with Crippen LogP contribution in [0.15, 0.2) is 18.2 Å². The Balaban J connectivity index is 1.85. The Labute approximate surface area is 136 Å². The third-order valence-corrected chi connectivity index (χ3v) is 3.94. The minimum atomic E-state index is -0.286. The van der Waals surface area contributed by atoms with Gasteiger partial charge >= 0.3 is 0 Å². The predicted molar refractivity (Wildman–Crippen MR) is 89.4 cm³/mol. The van der Waals surface area contributed by atoms with E-state index in [0.29, 0.717) is 30.0 Å². The lowest BCUT2D eigenvalue weighted by Gasteiger charge is -2.16. The molecule has 1 aromatic rings. The SMILES string of the molecule is CC(C)CCC(=O)NCC(=O)Nc1ccc2c(c1)C(=O)CCC2. The molecule has 0 saturated heterocycles. The van der Waals surface area contributed by atoms with Crippen LogP contribution in [0.1, 0.15) is 55.5 Å². The third-order valence-electron chi connectivity index (χ3n) is 3.94. The molecule has 5 nitrogen and oxygen atoms in total. The van der Waals surface area contributed by atoms with E-state index in [9.17, 15) is 14.4 Å². The van der Waals surface area contributed by atoms with Crippen molar-refractivity contribution in [1.82, 2.24) is 5.32 Å². The molecule has 23 heavy (non-hydrogen) atoms. The second-order valence-electron chi connectivity index (χ2n) is 6.41. The minimum absolute atomic E-state index is 0.0536. The number of rotatable bonds is 6. The predicted octanol–water partition coefficient (Wildman–Crippen LogP) is 2.70. The first-order valence-corrected chi connectivity index (χ1v) is 8.18. The second kappa shape index (κ2) is 7.90. The summed E-state index contributed by atoms with van der Waals surface area (Å²) in [4.78, 5) is 35.4. The zero-order chi connectivity index (χ0) is 16.8. The minimum Gasteiger partial charge on any atom is -0.347 e. The smallest absolute Gasteiger partial charge is 0.243 e. The molecule has 124 valence electrons. The van der Waals surface area contributed by atoms with Gasteiger partial charge in [0, 0.05) is 24.1 Å². The first kappa shape index (κ1) is 17.2. The molecular formula is C18H24N2O3. The number of amides is 2. The van der Waals surface area contributed by atoms with Crippen LogP contribution < -0.4 is 10.6 Å². The van der Waals surface area contributed by atoms with Crippen molar-refractivity contribution in [3.05, 3.63) is 29.3 Å². The number of ketones is 1. The van der Waals surface area contributed by atoms with Gasteiger partial charge in [0.25, 0.3) is 0 Å². The van der Waals surface area contributed by atoms with E-state index in [-0.39, 0.29) is 24.1 Å². The lowest BCUT2D eigenvalue weighted by atomic mass is 9.90. The van der Waals surface area contributed by atoms with E-state index >= 15 is 0 Å². The number of anilines is 1. The topological polar surface area (TPSA) is 75.3 Å². The van der Waals surface area contributed by atoms with Crippen molar-refractivity contribution in [1.29, 1.82) is 0 Å². The fourth-order valence-electron chi connectivity index (χ4n) is 2.60. The van der Waals surface area contributed by atoms with Crippen molar-refractivity contribution in [2.45, 2.75) is 46.0 Å². The number of hydrogen-bond acceptors (Lipinski definition) is 3. The number of carbonyl (C=O) groups excluding carboxylic acids is 3. The highest BCUT2D eigenvalue weighted by Gasteiger charge is 2.17. The molecule has 1 aliphatic rings. The highest BCUT2D eigenvalue weighted by Crippen LogP contribution is 2.24. The van der Waals surface area contributed by atoms with Crippen molar-refractivity contribution in [2.75, 3.05) is 11.9 Å². The number of aryl methyl sites for hydroxylation is 1. The maximum absolute atomic E-state index is 11.9. The molecule has 0 saturated carbocycles. The van der Waals surface area contributed by atoms with E-state index in [1.54, 1.807) is 12.1 Å². The molecule has 0 aliphatic heterocycles. The van der Waals surface area contributed by atoms with Crippen LogP contribution in [0.5, 0.6) is 0 Å². The van der Waals surface area contributed by atoms with E-state index in [1.165, 1.54) is 0 Å². The average molecular weight is 316 g/mol. The van der Waals surface area contributed by atoms with Gasteiger partial charge in [0.05, 0.1) is 6.54 Å². The Morgan fingerprint density at radius 1 is 1.17 bits per heavy atom. The number of hydrogen-bond donors (Lipinski definition) is 2. The summed E-state index contributed by atoms with van der Waals surface area (Å²) in [6, 6.07) is 5.43. The molecule has 2 rings (SSSR count). The van der Waals surface area contributed by atoms with E-state index in [4.69, 9.17) is 0 Å². The molecule has 1 aliphatic carbocycles. The molecule has 2 amide bonds. The molecule has 5 heteroatoms. The first-order chi connectivity index (χ1) is 11.0. The number of carbonyl (C=O) groups is 3. The van der Waals surface area contributed by atoms with Crippen LogP contribution in [0.3, 0.4) is 0 Å². The lowest BCUT2D eigenvalue weighted by Crippen LogP contribution is -2.32. The summed E-state index contributed by atoms with van der Waals surface area (Å²) < 4.78 is 0. The van der Waals surface area contributed by atoms with Gasteiger partial charge in [-0.25, -0.2) is 0 Å². The quantitative estimate of drug-likeness (QED) is 0.847. The van der Waals surface area contributed by atoms with Gasteiger partial charge in [0.1, 0.15) is 0 Å². The monoisotopic (exact) mass is 316 g/mol. The number of fused-ring (bicyclic) bond motifs is 1. The highest BCUT2D eigenvalue weighted by molar-refractivity contribution is 6.01. The van der Waals surface area contributed by atoms with Crippen LogP contribution in [-0.2, 0) is 16.0 Å². The third kappa shape index (κ3) is 5.20. The molecule has 2 N–H and O–H groups in total. The molecule has 0 unspecified atom stereocenters. The van der Waals surface area contributed by atoms with Crippen molar-refractivity contribution >= 4 is 23.3 Å². The summed E-state index contributed by atoms with van der Waals surface area (Å²) in [7, 11) is 0. The van der Waals surface area contributed by atoms with Crippen LogP contribution >= 0.6 is 0 Å². The average Bonchev–Trinajstić information content (AvgIpc) is 2.52. The van der Waals surface area contributed by atoms with Gasteiger partial charge in [-0.15, -0.1) is 0 Å². The fourth-order valence-corrected chi connectivity index (χ4v) is 2.60. The number of Topliss-reactive ketones (excluding diaryl/α,β-unsaturated/α-hetero) is 1. The zero-order valence-electron chi connectivity index (χ0n) is 13.8. The first-order valence-electron chi connectivity index (χ1n) is 8.18. The molecule has 1 aromatic carbocycles. The van der Waals surface area contributed by atoms with Crippen LogP contribution in [-0.4, -0.2) is 24.1 Å². The maximum Gasteiger partial charge on any atom is 0.243 e. The van der Waals surface area contributed by atoms with Gasteiger partial charge < -0.3 is 10.6 Å². The Morgan fingerprint density at radius 2 is 1.96 bits per heavy atom. The largest absolute Gasteiger partial charge is 0.347 e. The standard InChI is InChI=1S/C18H24N2O3/c1-12(2)6-9-17(22)19-11-18(23)20-14-8-7-13-4-3-5-16(21)15(13)10-14/h7-8,10,12H,3-6,9,11H2,1-2H3,(H,19,22)(H,20,23). The lowest BCUT2D eigenvalue weighted by molar-refractivity contribution is -0.124. The van der Waals surface area contributed by atoms with Gasteiger partial charge in [0.15, 0.2) is 5.78 Å². The molecule has 0 radical (unpaired) electrons. The second-order valence-corrected chi connectivity index (χ2v) is 6.41. The van der Waals surface area contributed by atoms with Gasteiger partial charge in [-0.2, -0.15) is 0 Å². The molecular weight excluding hydrogens is 292 g/mol. The maximum atomic E-state index is 11.9. The zero-order valence-corrected chi connectivity index (χ0v) is 13.8. The molecule has 0 aromatic heterocycles. The molecule has 0 fully saturated rings. The summed E-state index contributed by atoms with van der Waals surface area (Å²) in [5, 5.41) is 5.34. The summed E-state index contributed by atoms with van der Waals surface area (Å²) in [6.07, 6.45) is 3.59. The molecule has 0 spiro atoms. The highest BCUT2D eigenvalue weighted by atomic mass is 16.2. The Bertz CT molecular complexity index is 608. The van der Waals surface area contributed by atoms with Gasteiger partial charge in [-0.3, -0.25) is 14.4 Å². The van der Waals surface area contributed by atoms with Gasteiger partial charge in [0.2, 0.25) is 11.8 Å². The van der Waals surface area contributed by atoms with Crippen LogP contribution in [0.2, 0.25) is 0 Å². The van der Waals surface area contributed by atoms with Crippen LogP contribution in [0.25, 0.3) is 0 Å². The van der Waals surface area contributed by atoms with Crippen molar-refractivity contribution < 1.29 is 14.4 Å². The van der Waals surface area contributed by atoms with Gasteiger partial charge in [-0.1, -0.05) is 19.9 Å². The Kier molecular flexibility index (Phi) is 5.90. The van der Waals surface area contributed by atoms with Crippen LogP contribution in [0.4, 0.5) is 5.69 Å². The van der Waals surface area contributed by atoms with E-state index < -0.39 is 0 Å². The van der Waals surface area contributed by atoms with Gasteiger partial charge in [-0.05, 0) is 42.9 Å². The molecule has 0 heterocycles. The van der Waals surface area contributed by atoms with E-state index in [1.807, 2.05) is 6.07 Å². The molecule has 0 atom stereocenters. The normalized spacial score (nSPS) is 13.6. The van der Waals surface area contributed by atoms with Crippen molar-refractivity contribution in [3.63, 3.8) is 0 Å². The summed E-state index contributed by atoms with van der Waals surface area (Å²) >= 11 is 0. The summed E-state index contributed by atoms with van der Waals surface area (Å²) in [5.74, 6) is 0.188. The van der Waals surface area contributed by atoms with E-state index in [0.717, 1.165) is 24.8 Å². The fraction of sp³-hybridized carbons (Fsp3) is 0.500. The number of nitrogens with one attached hydrogen (secondary N) is 2. The van der Waals surface area contributed by atoms with Crippen LogP contribution in [0, 0.1) is 5.92 Å². The summed E-state index contributed by atoms with van der Waals surface area (Å²) in [5.41, 5.74) is 2.34. The van der Waals surface area contributed by atoms with Crippen molar-refractivity contribution in [3.8, 4) is 0 Å².